The lowest BCUT2D eigenvalue weighted by atomic mass is 10.1. The maximum atomic E-state index is 10.3. The Morgan fingerprint density at radius 3 is 2.46 bits per heavy atom. The Labute approximate surface area is 75.6 Å². The second kappa shape index (κ2) is 4.29. The van der Waals surface area contributed by atoms with Gasteiger partial charge in [-0.2, -0.15) is 0 Å². The van der Waals surface area contributed by atoms with Gasteiger partial charge in [-0.25, -0.2) is 0 Å². The van der Waals surface area contributed by atoms with Gasteiger partial charge in [0.1, 0.15) is 6.61 Å². The number of hydrogen-bond acceptors (Lipinski definition) is 3. The highest BCUT2D eigenvalue weighted by Crippen LogP contribution is 2.01. The first-order chi connectivity index (χ1) is 6.24. The maximum absolute atomic E-state index is 10.3. The Morgan fingerprint density at radius 2 is 2.00 bits per heavy atom. The van der Waals surface area contributed by atoms with Crippen molar-refractivity contribution in [3.05, 3.63) is 35.4 Å². The SMILES string of the molecule is O=C([O-])c1ccc(C#CCO)cc1. The highest BCUT2D eigenvalue weighted by Gasteiger charge is 1.91. The number of hydrogen-bond donors (Lipinski definition) is 1. The molecular weight excluding hydrogens is 168 g/mol. The van der Waals surface area contributed by atoms with Gasteiger partial charge in [-0.05, 0) is 17.7 Å². The molecule has 0 unspecified atom stereocenters. The summed E-state index contributed by atoms with van der Waals surface area (Å²) in [5.74, 6) is 3.90. The van der Waals surface area contributed by atoms with Crippen molar-refractivity contribution in [2.45, 2.75) is 0 Å². The van der Waals surface area contributed by atoms with E-state index >= 15 is 0 Å². The molecule has 0 aliphatic carbocycles. The van der Waals surface area contributed by atoms with E-state index < -0.39 is 5.97 Å². The van der Waals surface area contributed by atoms with Gasteiger partial charge in [-0.1, -0.05) is 24.0 Å². The Balaban J connectivity index is 2.87. The molecule has 0 heterocycles. The number of carboxylic acids is 1. The normalized spacial score (nSPS) is 8.69. The maximum Gasteiger partial charge on any atom is 0.104 e. The molecule has 0 amide bonds. The summed E-state index contributed by atoms with van der Waals surface area (Å²) in [6, 6.07) is 5.95. The van der Waals surface area contributed by atoms with Crippen LogP contribution >= 0.6 is 0 Å². The molecule has 0 radical (unpaired) electrons. The molecule has 13 heavy (non-hydrogen) atoms. The largest absolute Gasteiger partial charge is 0.545 e. The van der Waals surface area contributed by atoms with E-state index in [4.69, 9.17) is 5.11 Å². The van der Waals surface area contributed by atoms with Crippen molar-refractivity contribution in [3.63, 3.8) is 0 Å². The van der Waals surface area contributed by atoms with E-state index in [2.05, 4.69) is 11.8 Å². The molecule has 1 aromatic rings. The van der Waals surface area contributed by atoms with E-state index in [1.54, 1.807) is 12.1 Å². The molecule has 0 fully saturated rings. The van der Waals surface area contributed by atoms with Crippen molar-refractivity contribution in [1.82, 2.24) is 0 Å². The lowest BCUT2D eigenvalue weighted by Crippen LogP contribution is -2.21. The van der Waals surface area contributed by atoms with Crippen LogP contribution in [0.3, 0.4) is 0 Å². The van der Waals surface area contributed by atoms with Gasteiger partial charge in [-0.15, -0.1) is 0 Å². The number of carbonyl (C=O) groups is 1. The smallest absolute Gasteiger partial charge is 0.104 e. The first-order valence-electron chi connectivity index (χ1n) is 3.65. The summed E-state index contributed by atoms with van der Waals surface area (Å²) in [7, 11) is 0. The summed E-state index contributed by atoms with van der Waals surface area (Å²) < 4.78 is 0. The zero-order valence-electron chi connectivity index (χ0n) is 6.78. The lowest BCUT2D eigenvalue weighted by molar-refractivity contribution is -0.255. The molecule has 0 aliphatic rings. The fourth-order valence-corrected chi connectivity index (χ4v) is 0.831. The average Bonchev–Trinajstić information content (AvgIpc) is 2.15. The summed E-state index contributed by atoms with van der Waals surface area (Å²) in [6.07, 6.45) is 0. The number of carboxylic acid groups (broad SMARTS) is 1. The van der Waals surface area contributed by atoms with Crippen LogP contribution in [0.2, 0.25) is 0 Å². The molecule has 0 aliphatic heterocycles. The zero-order valence-corrected chi connectivity index (χ0v) is 6.78. The predicted octanol–water partition coefficient (Wildman–Crippen LogP) is -0.606. The topological polar surface area (TPSA) is 60.4 Å². The quantitative estimate of drug-likeness (QED) is 0.579. The highest BCUT2D eigenvalue weighted by molar-refractivity contribution is 5.85. The number of carbonyl (C=O) groups excluding carboxylic acids is 1. The summed E-state index contributed by atoms with van der Waals surface area (Å²) >= 11 is 0. The van der Waals surface area contributed by atoms with Gasteiger partial charge in [0.2, 0.25) is 0 Å². The van der Waals surface area contributed by atoms with E-state index in [-0.39, 0.29) is 12.2 Å². The molecule has 0 atom stereocenters. The fourth-order valence-electron chi connectivity index (χ4n) is 0.831. The third kappa shape index (κ3) is 2.62. The molecule has 1 aromatic carbocycles. The van der Waals surface area contributed by atoms with Crippen molar-refractivity contribution in [2.75, 3.05) is 6.61 Å². The van der Waals surface area contributed by atoms with Gasteiger partial charge in [0.05, 0.1) is 5.97 Å². The first kappa shape index (κ1) is 9.30. The van der Waals surface area contributed by atoms with E-state index in [1.807, 2.05) is 0 Å². The zero-order chi connectivity index (χ0) is 9.68. The van der Waals surface area contributed by atoms with Crippen LogP contribution in [0.25, 0.3) is 0 Å². The van der Waals surface area contributed by atoms with Gasteiger partial charge in [0.15, 0.2) is 0 Å². The van der Waals surface area contributed by atoms with E-state index in [9.17, 15) is 9.90 Å². The Morgan fingerprint density at radius 1 is 1.38 bits per heavy atom. The lowest BCUT2D eigenvalue weighted by Gasteiger charge is -2.00. The molecule has 3 heteroatoms. The Kier molecular flexibility index (Phi) is 3.07. The van der Waals surface area contributed by atoms with Crippen molar-refractivity contribution in [1.29, 1.82) is 0 Å². The second-order valence-corrected chi connectivity index (χ2v) is 2.32. The van der Waals surface area contributed by atoms with Crippen LogP contribution in [0.5, 0.6) is 0 Å². The van der Waals surface area contributed by atoms with Crippen LogP contribution < -0.4 is 5.11 Å². The minimum atomic E-state index is -1.21. The summed E-state index contributed by atoms with van der Waals surface area (Å²) in [5.41, 5.74) is 0.786. The first-order valence-corrected chi connectivity index (χ1v) is 3.65. The minimum absolute atomic E-state index is 0.120. The van der Waals surface area contributed by atoms with Crippen LogP contribution in [0.1, 0.15) is 15.9 Å². The molecule has 0 spiro atoms. The van der Waals surface area contributed by atoms with E-state index in [1.165, 1.54) is 12.1 Å². The third-order valence-corrected chi connectivity index (χ3v) is 1.43. The molecule has 0 saturated heterocycles. The van der Waals surface area contributed by atoms with E-state index in [0.717, 1.165) is 0 Å². The van der Waals surface area contributed by atoms with Gasteiger partial charge in [0.25, 0.3) is 0 Å². The predicted molar refractivity (Wildman–Crippen MR) is 44.7 cm³/mol. The number of aliphatic hydroxyl groups is 1. The highest BCUT2D eigenvalue weighted by atomic mass is 16.4. The molecular formula is C10H7O3-. The number of benzene rings is 1. The molecule has 3 nitrogen and oxygen atoms in total. The van der Waals surface area contributed by atoms with Crippen LogP contribution in [0, 0.1) is 11.8 Å². The van der Waals surface area contributed by atoms with Crippen molar-refractivity contribution >= 4 is 5.97 Å². The summed E-state index contributed by atoms with van der Waals surface area (Å²) in [5, 5.41) is 18.7. The average molecular weight is 175 g/mol. The summed E-state index contributed by atoms with van der Waals surface area (Å²) in [6.45, 7) is -0.206. The molecule has 0 saturated carbocycles. The standard InChI is InChI=1S/C10H8O3/c11-7-1-2-8-3-5-9(6-4-8)10(12)13/h3-6,11H,7H2,(H,12,13)/p-1. The third-order valence-electron chi connectivity index (χ3n) is 1.43. The van der Waals surface area contributed by atoms with Crippen LogP contribution in [0.15, 0.2) is 24.3 Å². The van der Waals surface area contributed by atoms with Crippen molar-refractivity contribution < 1.29 is 15.0 Å². The van der Waals surface area contributed by atoms with Gasteiger partial charge in [0, 0.05) is 5.56 Å². The van der Waals surface area contributed by atoms with Gasteiger partial charge in [-0.3, -0.25) is 0 Å². The Hall–Kier alpha value is -1.79. The molecule has 1 N–H and O–H groups in total. The molecule has 0 bridgehead atoms. The fraction of sp³-hybridized carbons (Fsp3) is 0.100. The van der Waals surface area contributed by atoms with E-state index in [0.29, 0.717) is 5.56 Å². The molecule has 1 rings (SSSR count). The molecule has 0 aromatic heterocycles. The van der Waals surface area contributed by atoms with Crippen LogP contribution in [-0.2, 0) is 0 Å². The minimum Gasteiger partial charge on any atom is -0.545 e. The second-order valence-electron chi connectivity index (χ2n) is 2.32. The van der Waals surface area contributed by atoms with Crippen LogP contribution in [0.4, 0.5) is 0 Å². The van der Waals surface area contributed by atoms with Crippen LogP contribution in [-0.4, -0.2) is 17.7 Å². The van der Waals surface area contributed by atoms with Crippen molar-refractivity contribution in [2.24, 2.45) is 0 Å². The summed E-state index contributed by atoms with van der Waals surface area (Å²) in [4.78, 5) is 10.3. The molecule has 66 valence electrons. The Bertz CT molecular complexity index is 354. The number of aliphatic hydroxyl groups excluding tert-OH is 1. The van der Waals surface area contributed by atoms with Gasteiger partial charge < -0.3 is 15.0 Å². The van der Waals surface area contributed by atoms with Gasteiger partial charge >= 0.3 is 0 Å². The monoisotopic (exact) mass is 175 g/mol. The van der Waals surface area contributed by atoms with Crippen molar-refractivity contribution in [3.8, 4) is 11.8 Å². The number of aromatic carboxylic acids is 1. The number of rotatable bonds is 1.